The normalized spacial score (nSPS) is 16.2. The van der Waals surface area contributed by atoms with Crippen LogP contribution in [0.25, 0.3) is 16.1 Å². The highest BCUT2D eigenvalue weighted by Gasteiger charge is 2.34. The quantitative estimate of drug-likeness (QED) is 0.287. The summed E-state index contributed by atoms with van der Waals surface area (Å²) in [6.07, 6.45) is 4.55. The van der Waals surface area contributed by atoms with Gasteiger partial charge in [0.25, 0.3) is 0 Å². The van der Waals surface area contributed by atoms with Crippen LogP contribution in [0.5, 0.6) is 0 Å². The molecule has 33 heavy (non-hydrogen) atoms. The summed E-state index contributed by atoms with van der Waals surface area (Å²) in [6, 6.07) is 6.25. The Bertz CT molecular complexity index is 1210. The fraction of sp³-hybridized carbons (Fsp3) is 0.400. The number of thiophene rings is 2. The molecule has 0 unspecified atom stereocenters. The Morgan fingerprint density at radius 1 is 1.39 bits per heavy atom. The number of ether oxygens (including phenoxy) is 1. The first-order chi connectivity index (χ1) is 15.8. The average molecular weight is 498 g/mol. The summed E-state index contributed by atoms with van der Waals surface area (Å²) in [5.41, 5.74) is 3.26. The first-order valence-electron chi connectivity index (χ1n) is 11.0. The molecule has 0 amide bonds. The van der Waals surface area contributed by atoms with E-state index in [1.807, 2.05) is 29.8 Å². The van der Waals surface area contributed by atoms with Crippen molar-refractivity contribution in [1.29, 1.82) is 5.26 Å². The van der Waals surface area contributed by atoms with Gasteiger partial charge in [-0.1, -0.05) is 26.8 Å². The van der Waals surface area contributed by atoms with Gasteiger partial charge in [0.15, 0.2) is 0 Å². The van der Waals surface area contributed by atoms with Crippen LogP contribution in [0.1, 0.15) is 59.9 Å². The van der Waals surface area contributed by atoms with Gasteiger partial charge < -0.3 is 10.1 Å². The fourth-order valence-electron chi connectivity index (χ4n) is 4.06. The molecule has 3 aromatic rings. The van der Waals surface area contributed by atoms with Crippen molar-refractivity contribution in [3.63, 3.8) is 0 Å². The van der Waals surface area contributed by atoms with E-state index < -0.39 is 0 Å². The van der Waals surface area contributed by atoms with Gasteiger partial charge in [-0.05, 0) is 54.5 Å². The predicted molar refractivity (Wildman–Crippen MR) is 138 cm³/mol. The van der Waals surface area contributed by atoms with Crippen LogP contribution >= 0.6 is 34.0 Å². The van der Waals surface area contributed by atoms with Crippen LogP contribution in [0.2, 0.25) is 0 Å². The highest BCUT2D eigenvalue weighted by Crippen LogP contribution is 2.44. The third kappa shape index (κ3) is 5.06. The molecule has 0 radical (unpaired) electrons. The lowest BCUT2D eigenvalue weighted by Crippen LogP contribution is -2.26. The fourth-order valence-corrected chi connectivity index (χ4v) is 6.89. The molecule has 3 heterocycles. The van der Waals surface area contributed by atoms with Crippen molar-refractivity contribution in [2.45, 2.75) is 47.0 Å². The zero-order chi connectivity index (χ0) is 23.6. The molecule has 8 heteroatoms. The van der Waals surface area contributed by atoms with Gasteiger partial charge in [0.1, 0.15) is 21.7 Å². The van der Waals surface area contributed by atoms with Crippen molar-refractivity contribution >= 4 is 50.6 Å². The molecule has 1 atom stereocenters. The molecule has 1 N–H and O–H groups in total. The molecule has 1 aliphatic rings. The predicted octanol–water partition coefficient (Wildman–Crippen LogP) is 7.24. The maximum Gasteiger partial charge on any atom is 0.341 e. The second-order valence-electron chi connectivity index (χ2n) is 9.06. The van der Waals surface area contributed by atoms with Crippen LogP contribution in [0, 0.1) is 22.7 Å². The lowest BCUT2D eigenvalue weighted by Gasteiger charge is -2.33. The number of allylic oxidation sites excluding steroid dienone is 1. The molecule has 0 saturated carbocycles. The molecular formula is C25H27N3O2S3. The topological polar surface area (TPSA) is 75.0 Å². The molecule has 5 nitrogen and oxygen atoms in total. The summed E-state index contributed by atoms with van der Waals surface area (Å²) >= 11 is 4.67. The summed E-state index contributed by atoms with van der Waals surface area (Å²) in [5, 5.41) is 18.4. The number of hydrogen-bond acceptors (Lipinski definition) is 8. The number of esters is 1. The van der Waals surface area contributed by atoms with Gasteiger partial charge in [0, 0.05) is 16.5 Å². The Morgan fingerprint density at radius 3 is 2.88 bits per heavy atom. The Morgan fingerprint density at radius 2 is 2.21 bits per heavy atom. The molecule has 0 aromatic carbocycles. The number of hydrogen-bond donors (Lipinski definition) is 1. The summed E-state index contributed by atoms with van der Waals surface area (Å²) < 4.78 is 5.38. The summed E-state index contributed by atoms with van der Waals surface area (Å²) in [4.78, 5) is 19.8. The zero-order valence-corrected chi connectivity index (χ0v) is 21.7. The molecule has 0 fully saturated rings. The smallest absolute Gasteiger partial charge is 0.341 e. The van der Waals surface area contributed by atoms with E-state index in [9.17, 15) is 10.1 Å². The summed E-state index contributed by atoms with van der Waals surface area (Å²) in [5.74, 6) is 0.274. The highest BCUT2D eigenvalue weighted by molar-refractivity contribution is 7.17. The molecule has 0 spiro atoms. The standard InChI is InChI=1S/C25H27N3O2S3/c1-5-30-24(29)21-17-9-8-16(25(2,3)4)11-20(17)33-23(21)27-13-15(12-26)22-28-18(14-32-22)19-7-6-10-31-19/h6-7,10,13-14,16,27H,5,8-9,11H2,1-4H3/b15-13+/t16-/m0/s1. The second kappa shape index (κ2) is 9.80. The Balaban J connectivity index is 1.64. The average Bonchev–Trinajstić information content (AvgIpc) is 3.52. The van der Waals surface area contributed by atoms with E-state index in [-0.39, 0.29) is 11.4 Å². The number of aromatic nitrogens is 1. The van der Waals surface area contributed by atoms with Gasteiger partial charge in [0.2, 0.25) is 0 Å². The van der Waals surface area contributed by atoms with E-state index in [4.69, 9.17) is 4.74 Å². The molecule has 3 aromatic heterocycles. The van der Waals surface area contributed by atoms with E-state index in [0.717, 1.165) is 40.4 Å². The van der Waals surface area contributed by atoms with E-state index >= 15 is 0 Å². The second-order valence-corrected chi connectivity index (χ2v) is 12.0. The number of carbonyl (C=O) groups excluding carboxylic acids is 1. The van der Waals surface area contributed by atoms with Crippen molar-refractivity contribution < 1.29 is 9.53 Å². The largest absolute Gasteiger partial charge is 0.462 e. The third-order valence-electron chi connectivity index (χ3n) is 5.95. The number of nitrogens with one attached hydrogen (secondary N) is 1. The van der Waals surface area contributed by atoms with Crippen LogP contribution in [-0.2, 0) is 17.6 Å². The molecule has 172 valence electrons. The lowest BCUT2D eigenvalue weighted by molar-refractivity contribution is 0.0526. The number of rotatable bonds is 6. The minimum atomic E-state index is -0.298. The lowest BCUT2D eigenvalue weighted by atomic mass is 9.72. The number of carbonyl (C=O) groups is 1. The first-order valence-corrected chi connectivity index (χ1v) is 13.6. The van der Waals surface area contributed by atoms with Crippen molar-refractivity contribution in [1.82, 2.24) is 4.98 Å². The maximum atomic E-state index is 12.8. The van der Waals surface area contributed by atoms with Gasteiger partial charge in [0.05, 0.1) is 22.7 Å². The van der Waals surface area contributed by atoms with Crippen molar-refractivity contribution in [2.75, 3.05) is 11.9 Å². The summed E-state index contributed by atoms with van der Waals surface area (Å²) in [7, 11) is 0. The molecule has 1 aliphatic carbocycles. The van der Waals surface area contributed by atoms with Crippen LogP contribution in [0.3, 0.4) is 0 Å². The van der Waals surface area contributed by atoms with Gasteiger partial charge in [-0.2, -0.15) is 5.26 Å². The number of fused-ring (bicyclic) bond motifs is 1. The van der Waals surface area contributed by atoms with Gasteiger partial charge in [-0.25, -0.2) is 9.78 Å². The van der Waals surface area contributed by atoms with E-state index in [1.54, 1.807) is 28.9 Å². The van der Waals surface area contributed by atoms with Crippen LogP contribution < -0.4 is 5.32 Å². The Labute approximate surface area is 206 Å². The Hall–Kier alpha value is -2.47. The van der Waals surface area contributed by atoms with Gasteiger partial charge in [-0.15, -0.1) is 34.0 Å². The molecular weight excluding hydrogens is 470 g/mol. The van der Waals surface area contributed by atoms with E-state index in [0.29, 0.717) is 28.7 Å². The van der Waals surface area contributed by atoms with E-state index in [1.165, 1.54) is 16.2 Å². The summed E-state index contributed by atoms with van der Waals surface area (Å²) in [6.45, 7) is 8.99. The molecule has 0 bridgehead atoms. The number of nitriles is 1. The third-order valence-corrected chi connectivity index (χ3v) is 8.90. The molecule has 4 rings (SSSR count). The monoisotopic (exact) mass is 497 g/mol. The highest BCUT2D eigenvalue weighted by atomic mass is 32.1. The number of anilines is 1. The minimum Gasteiger partial charge on any atom is -0.462 e. The van der Waals surface area contributed by atoms with Gasteiger partial charge >= 0.3 is 5.97 Å². The zero-order valence-electron chi connectivity index (χ0n) is 19.2. The van der Waals surface area contributed by atoms with Gasteiger partial charge in [-0.3, -0.25) is 0 Å². The van der Waals surface area contributed by atoms with Crippen LogP contribution in [0.15, 0.2) is 29.1 Å². The first kappa shape index (κ1) is 23.7. The Kier molecular flexibility index (Phi) is 7.03. The van der Waals surface area contributed by atoms with Crippen molar-refractivity contribution in [3.05, 3.63) is 50.1 Å². The SMILES string of the molecule is CCOC(=O)c1c(N/C=C(\C#N)c2nc(-c3cccs3)cs2)sc2c1CC[C@H](C(C)(C)C)C2. The number of nitrogens with zero attached hydrogens (tertiary/aromatic N) is 2. The van der Waals surface area contributed by atoms with Crippen molar-refractivity contribution in [3.8, 4) is 16.6 Å². The minimum absolute atomic E-state index is 0.221. The molecule has 0 aliphatic heterocycles. The number of thiazole rings is 1. The molecule has 0 saturated heterocycles. The van der Waals surface area contributed by atoms with Crippen molar-refractivity contribution in [2.24, 2.45) is 11.3 Å². The maximum absolute atomic E-state index is 12.8. The van der Waals surface area contributed by atoms with E-state index in [2.05, 4.69) is 37.1 Å². The van der Waals surface area contributed by atoms with Crippen LogP contribution in [-0.4, -0.2) is 17.6 Å². The van der Waals surface area contributed by atoms with Crippen LogP contribution in [0.4, 0.5) is 5.00 Å².